The molecule has 0 spiro atoms. The van der Waals surface area contributed by atoms with Gasteiger partial charge in [0.1, 0.15) is 0 Å². The minimum absolute atomic E-state index is 0.0266. The van der Waals surface area contributed by atoms with Gasteiger partial charge in [-0.2, -0.15) is 0 Å². The van der Waals surface area contributed by atoms with Crippen LogP contribution in [0.5, 0.6) is 0 Å². The molecule has 0 unspecified atom stereocenters. The zero-order valence-electron chi connectivity index (χ0n) is 14.3. The molecule has 0 saturated heterocycles. The molecular weight excluding hydrogens is 350 g/mol. The number of nitro benzene ring substituents is 1. The molecule has 0 fully saturated rings. The van der Waals surface area contributed by atoms with Gasteiger partial charge in [0.05, 0.1) is 11.0 Å². The monoisotopic (exact) mass is 367 g/mol. The maximum absolute atomic E-state index is 12.4. The first-order valence-corrected chi connectivity index (χ1v) is 8.42. The lowest BCUT2D eigenvalue weighted by molar-refractivity contribution is -0.384. The Hall–Kier alpha value is -3.06. The van der Waals surface area contributed by atoms with Gasteiger partial charge >= 0.3 is 0 Å². The number of ketones is 1. The van der Waals surface area contributed by atoms with Crippen LogP contribution in [0.2, 0.25) is 0 Å². The van der Waals surface area contributed by atoms with E-state index >= 15 is 0 Å². The number of hydrogen-bond acceptors (Lipinski definition) is 4. The predicted molar refractivity (Wildman–Crippen MR) is 104 cm³/mol. The van der Waals surface area contributed by atoms with Crippen molar-refractivity contribution in [3.05, 3.63) is 81.5 Å². The van der Waals surface area contributed by atoms with Crippen molar-refractivity contribution in [3.63, 3.8) is 0 Å². The Morgan fingerprint density at radius 1 is 1.19 bits per heavy atom. The molecule has 6 nitrogen and oxygen atoms in total. The molecule has 0 radical (unpaired) electrons. The van der Waals surface area contributed by atoms with Gasteiger partial charge in [0, 0.05) is 29.1 Å². The van der Waals surface area contributed by atoms with Crippen molar-refractivity contribution in [1.29, 1.82) is 0 Å². The molecule has 0 aromatic heterocycles. The average Bonchev–Trinajstić information content (AvgIpc) is 2.61. The number of nitro groups is 1. The van der Waals surface area contributed by atoms with Crippen LogP contribution in [0.4, 0.5) is 11.4 Å². The van der Waals surface area contributed by atoms with Gasteiger partial charge in [-0.25, -0.2) is 0 Å². The first-order valence-electron chi connectivity index (χ1n) is 8.02. The van der Waals surface area contributed by atoms with Crippen LogP contribution in [0, 0.1) is 10.1 Å². The lowest BCUT2D eigenvalue weighted by Crippen LogP contribution is -2.47. The van der Waals surface area contributed by atoms with Crippen LogP contribution in [0.1, 0.15) is 25.5 Å². The normalized spacial score (nSPS) is 17.1. The Bertz CT molecular complexity index is 925. The van der Waals surface area contributed by atoms with Crippen molar-refractivity contribution in [3.8, 4) is 0 Å². The number of thiocarbonyl (C=S) groups is 1. The number of non-ortho nitro benzene ring substituents is 1. The zero-order valence-corrected chi connectivity index (χ0v) is 15.1. The summed E-state index contributed by atoms with van der Waals surface area (Å²) in [6.07, 6.45) is 0. The highest BCUT2D eigenvalue weighted by Gasteiger charge is 2.33. The van der Waals surface area contributed by atoms with Crippen LogP contribution >= 0.6 is 12.2 Å². The van der Waals surface area contributed by atoms with Gasteiger partial charge in [-0.15, -0.1) is 0 Å². The van der Waals surface area contributed by atoms with E-state index in [1.165, 1.54) is 19.1 Å². The van der Waals surface area contributed by atoms with Crippen molar-refractivity contribution in [2.45, 2.75) is 19.9 Å². The number of rotatable bonds is 4. The SMILES string of the molecule is CC(=O)C1=C(C)N(c2ccccc2)C(=S)N[C@@H]1c1cccc([N+](=O)[O-])c1. The third-order valence-electron chi connectivity index (χ3n) is 4.29. The molecule has 26 heavy (non-hydrogen) atoms. The number of nitrogens with zero attached hydrogens (tertiary/aromatic N) is 2. The molecule has 1 aliphatic rings. The number of benzene rings is 2. The van der Waals surface area contributed by atoms with Crippen LogP contribution in [0.3, 0.4) is 0 Å². The molecule has 2 aromatic rings. The highest BCUT2D eigenvalue weighted by atomic mass is 32.1. The van der Waals surface area contributed by atoms with Crippen molar-refractivity contribution in [1.82, 2.24) is 5.32 Å². The summed E-state index contributed by atoms with van der Waals surface area (Å²) in [6.45, 7) is 3.32. The molecule has 0 aliphatic carbocycles. The molecular formula is C19H17N3O3S. The Balaban J connectivity index is 2.12. The van der Waals surface area contributed by atoms with Gasteiger partial charge in [0.25, 0.3) is 5.69 Å². The summed E-state index contributed by atoms with van der Waals surface area (Å²) in [5.41, 5.74) is 2.69. The van der Waals surface area contributed by atoms with E-state index in [0.29, 0.717) is 21.9 Å². The number of carbonyl (C=O) groups is 1. The molecule has 1 aliphatic heterocycles. The number of Topliss-reactive ketones (excluding diaryl/α,β-unsaturated/α-hetero) is 1. The highest BCUT2D eigenvalue weighted by Crippen LogP contribution is 2.34. The van der Waals surface area contributed by atoms with E-state index in [0.717, 1.165) is 5.69 Å². The highest BCUT2D eigenvalue weighted by molar-refractivity contribution is 7.80. The van der Waals surface area contributed by atoms with E-state index in [-0.39, 0.29) is 11.5 Å². The Kier molecular flexibility index (Phi) is 4.81. The largest absolute Gasteiger partial charge is 0.351 e. The fourth-order valence-corrected chi connectivity index (χ4v) is 3.52. The van der Waals surface area contributed by atoms with E-state index in [9.17, 15) is 14.9 Å². The zero-order chi connectivity index (χ0) is 18.8. The van der Waals surface area contributed by atoms with Gasteiger partial charge in [-0.05, 0) is 43.8 Å². The molecule has 0 saturated carbocycles. The molecule has 132 valence electrons. The van der Waals surface area contributed by atoms with E-state index in [2.05, 4.69) is 5.32 Å². The number of para-hydroxylation sites is 1. The summed E-state index contributed by atoms with van der Waals surface area (Å²) >= 11 is 5.52. The summed E-state index contributed by atoms with van der Waals surface area (Å²) in [5, 5.41) is 14.7. The fourth-order valence-electron chi connectivity index (χ4n) is 3.16. The van der Waals surface area contributed by atoms with Gasteiger partial charge in [-0.1, -0.05) is 30.3 Å². The third-order valence-corrected chi connectivity index (χ3v) is 4.59. The van der Waals surface area contributed by atoms with E-state index < -0.39 is 11.0 Å². The number of carbonyl (C=O) groups excluding carboxylic acids is 1. The van der Waals surface area contributed by atoms with Gasteiger partial charge < -0.3 is 5.32 Å². The molecule has 1 atom stereocenters. The second-order valence-electron chi connectivity index (χ2n) is 5.96. The summed E-state index contributed by atoms with van der Waals surface area (Å²) in [4.78, 5) is 24.8. The predicted octanol–water partition coefficient (Wildman–Crippen LogP) is 3.89. The molecule has 1 heterocycles. The molecule has 0 amide bonds. The summed E-state index contributed by atoms with van der Waals surface area (Å²) in [7, 11) is 0. The Morgan fingerprint density at radius 2 is 1.88 bits per heavy atom. The van der Waals surface area contributed by atoms with Crippen molar-refractivity contribution >= 4 is 34.5 Å². The number of anilines is 1. The topological polar surface area (TPSA) is 75.5 Å². The van der Waals surface area contributed by atoms with Crippen molar-refractivity contribution in [2.24, 2.45) is 0 Å². The minimum atomic E-state index is -0.528. The molecule has 3 rings (SSSR count). The summed E-state index contributed by atoms with van der Waals surface area (Å²) < 4.78 is 0. The van der Waals surface area contributed by atoms with Crippen LogP contribution in [-0.4, -0.2) is 15.8 Å². The first-order chi connectivity index (χ1) is 12.4. The van der Waals surface area contributed by atoms with E-state index in [1.54, 1.807) is 17.0 Å². The van der Waals surface area contributed by atoms with Gasteiger partial charge in [0.2, 0.25) is 0 Å². The van der Waals surface area contributed by atoms with Crippen molar-refractivity contribution < 1.29 is 9.72 Å². The second kappa shape index (κ2) is 7.05. The maximum Gasteiger partial charge on any atom is 0.269 e. The minimum Gasteiger partial charge on any atom is -0.351 e. The fraction of sp³-hybridized carbons (Fsp3) is 0.158. The number of nitrogens with one attached hydrogen (secondary N) is 1. The Labute approximate surface area is 156 Å². The van der Waals surface area contributed by atoms with Crippen LogP contribution in [0.25, 0.3) is 0 Å². The second-order valence-corrected chi connectivity index (χ2v) is 6.35. The number of hydrogen-bond donors (Lipinski definition) is 1. The quantitative estimate of drug-likeness (QED) is 0.502. The first kappa shape index (κ1) is 17.8. The molecule has 7 heteroatoms. The van der Waals surface area contributed by atoms with Crippen LogP contribution in [0.15, 0.2) is 65.9 Å². The molecule has 2 aromatic carbocycles. The standard InChI is InChI=1S/C19H17N3O3S/c1-12-17(13(2)23)18(14-7-6-10-16(11-14)22(24)25)20-19(26)21(12)15-8-4-3-5-9-15/h3-11,18H,1-2H3,(H,20,26)/t18-/m1/s1. The van der Waals surface area contributed by atoms with Gasteiger partial charge in [-0.3, -0.25) is 19.8 Å². The Morgan fingerprint density at radius 3 is 2.50 bits per heavy atom. The third kappa shape index (κ3) is 3.21. The van der Waals surface area contributed by atoms with Crippen LogP contribution in [-0.2, 0) is 4.79 Å². The summed E-state index contributed by atoms with van der Waals surface area (Å²) in [6, 6.07) is 15.2. The lowest BCUT2D eigenvalue weighted by atomic mass is 9.92. The van der Waals surface area contributed by atoms with E-state index in [4.69, 9.17) is 12.2 Å². The van der Waals surface area contributed by atoms with Crippen LogP contribution < -0.4 is 10.2 Å². The average molecular weight is 367 g/mol. The smallest absolute Gasteiger partial charge is 0.269 e. The van der Waals surface area contributed by atoms with Gasteiger partial charge in [0.15, 0.2) is 10.9 Å². The van der Waals surface area contributed by atoms with E-state index in [1.807, 2.05) is 37.3 Å². The van der Waals surface area contributed by atoms with Crippen molar-refractivity contribution in [2.75, 3.05) is 4.90 Å². The maximum atomic E-state index is 12.4. The summed E-state index contributed by atoms with van der Waals surface area (Å²) in [5.74, 6) is -0.116. The number of allylic oxidation sites excluding steroid dienone is 1. The lowest BCUT2D eigenvalue weighted by Gasteiger charge is -2.37. The molecule has 0 bridgehead atoms. The molecule has 1 N–H and O–H groups in total.